The largest absolute Gasteiger partial charge is 0.494 e. The smallest absolute Gasteiger partial charge is 0.222 e. The zero-order chi connectivity index (χ0) is 13.7. The number of ether oxygens (including phenoxy) is 1. The van der Waals surface area contributed by atoms with Crippen molar-refractivity contribution < 1.29 is 4.74 Å². The van der Waals surface area contributed by atoms with Gasteiger partial charge in [-0.15, -0.1) is 0 Å². The highest BCUT2D eigenvalue weighted by atomic mass is 16.5. The van der Waals surface area contributed by atoms with Gasteiger partial charge in [0.15, 0.2) is 5.75 Å². The molecule has 0 aliphatic heterocycles. The lowest BCUT2D eigenvalue weighted by molar-refractivity contribution is 0.411. The van der Waals surface area contributed by atoms with Crippen LogP contribution < -0.4 is 10.1 Å². The third kappa shape index (κ3) is 3.44. The van der Waals surface area contributed by atoms with E-state index in [-0.39, 0.29) is 5.41 Å². The summed E-state index contributed by atoms with van der Waals surface area (Å²) in [5.41, 5.74) is 1.31. The molecule has 19 heavy (non-hydrogen) atoms. The molecule has 0 amide bonds. The molecule has 0 saturated carbocycles. The topological polar surface area (TPSA) is 47.0 Å². The first-order valence-corrected chi connectivity index (χ1v) is 6.27. The van der Waals surface area contributed by atoms with Gasteiger partial charge in [-0.1, -0.05) is 44.2 Å². The van der Waals surface area contributed by atoms with E-state index in [1.54, 1.807) is 19.5 Å². The van der Waals surface area contributed by atoms with Crippen LogP contribution in [-0.4, -0.2) is 23.6 Å². The Labute approximate surface area is 113 Å². The van der Waals surface area contributed by atoms with Gasteiger partial charge in [-0.3, -0.25) is 0 Å². The number of methoxy groups -OCH3 is 1. The second-order valence-electron chi connectivity index (χ2n) is 5.05. The van der Waals surface area contributed by atoms with Gasteiger partial charge in [-0.05, 0) is 5.56 Å². The number of nitrogens with zero attached hydrogens (tertiary/aromatic N) is 2. The monoisotopic (exact) mass is 257 g/mol. The zero-order valence-electron chi connectivity index (χ0n) is 11.6. The van der Waals surface area contributed by atoms with E-state index in [1.165, 1.54) is 5.56 Å². The van der Waals surface area contributed by atoms with Crippen molar-refractivity contribution in [3.05, 3.63) is 48.3 Å². The van der Waals surface area contributed by atoms with E-state index in [4.69, 9.17) is 4.74 Å². The number of nitrogens with one attached hydrogen (secondary N) is 1. The number of aromatic nitrogens is 2. The molecule has 0 aliphatic carbocycles. The second kappa shape index (κ2) is 5.69. The van der Waals surface area contributed by atoms with Crippen molar-refractivity contribution in [1.82, 2.24) is 9.97 Å². The highest BCUT2D eigenvalue weighted by Crippen LogP contribution is 2.22. The van der Waals surface area contributed by atoms with Crippen LogP contribution in [-0.2, 0) is 5.41 Å². The van der Waals surface area contributed by atoms with Gasteiger partial charge in [0.05, 0.1) is 19.5 Å². The third-order valence-corrected chi connectivity index (χ3v) is 3.11. The predicted octanol–water partition coefficient (Wildman–Crippen LogP) is 2.87. The molecule has 0 unspecified atom stereocenters. The molecule has 1 heterocycles. The lowest BCUT2D eigenvalue weighted by Gasteiger charge is -2.25. The van der Waals surface area contributed by atoms with E-state index in [0.717, 1.165) is 6.54 Å². The number of hydrogen-bond donors (Lipinski definition) is 1. The van der Waals surface area contributed by atoms with E-state index in [0.29, 0.717) is 11.7 Å². The molecule has 100 valence electrons. The van der Waals surface area contributed by atoms with Gasteiger partial charge in [-0.25, -0.2) is 9.97 Å². The van der Waals surface area contributed by atoms with Crippen LogP contribution in [0.5, 0.6) is 5.75 Å². The van der Waals surface area contributed by atoms with Crippen molar-refractivity contribution in [2.45, 2.75) is 19.3 Å². The molecule has 0 bridgehead atoms. The molecule has 0 fully saturated rings. The average molecular weight is 257 g/mol. The molecule has 2 aromatic rings. The summed E-state index contributed by atoms with van der Waals surface area (Å²) in [5.74, 6) is 1.28. The first-order chi connectivity index (χ1) is 9.12. The van der Waals surface area contributed by atoms with E-state index in [1.807, 2.05) is 6.07 Å². The van der Waals surface area contributed by atoms with E-state index in [2.05, 4.69) is 53.4 Å². The first kappa shape index (κ1) is 13.3. The summed E-state index contributed by atoms with van der Waals surface area (Å²) in [5, 5.41) is 3.26. The summed E-state index contributed by atoms with van der Waals surface area (Å²) in [6, 6.07) is 10.4. The molecule has 1 N–H and O–H groups in total. The molecule has 4 heteroatoms. The Balaban J connectivity index is 2.01. The van der Waals surface area contributed by atoms with Gasteiger partial charge in [0.1, 0.15) is 0 Å². The van der Waals surface area contributed by atoms with Crippen LogP contribution in [0.25, 0.3) is 0 Å². The Kier molecular flexibility index (Phi) is 4.00. The lowest BCUT2D eigenvalue weighted by atomic mass is 9.85. The van der Waals surface area contributed by atoms with Gasteiger partial charge in [0.25, 0.3) is 0 Å². The van der Waals surface area contributed by atoms with Crippen molar-refractivity contribution >= 4 is 5.95 Å². The number of anilines is 1. The second-order valence-corrected chi connectivity index (χ2v) is 5.05. The average Bonchev–Trinajstić information content (AvgIpc) is 2.47. The minimum absolute atomic E-state index is 0.0184. The van der Waals surface area contributed by atoms with Crippen molar-refractivity contribution in [2.24, 2.45) is 0 Å². The van der Waals surface area contributed by atoms with Crippen LogP contribution in [0, 0.1) is 0 Å². The van der Waals surface area contributed by atoms with Crippen LogP contribution in [0.2, 0.25) is 0 Å². The molecule has 0 saturated heterocycles. The Morgan fingerprint density at radius 2 is 1.74 bits per heavy atom. The van der Waals surface area contributed by atoms with Gasteiger partial charge >= 0.3 is 0 Å². The zero-order valence-corrected chi connectivity index (χ0v) is 11.6. The maximum atomic E-state index is 5.03. The van der Waals surface area contributed by atoms with E-state index in [9.17, 15) is 0 Å². The number of benzene rings is 1. The van der Waals surface area contributed by atoms with Crippen LogP contribution in [0.4, 0.5) is 5.95 Å². The lowest BCUT2D eigenvalue weighted by Crippen LogP contribution is -2.28. The van der Waals surface area contributed by atoms with Crippen LogP contribution in [0.1, 0.15) is 19.4 Å². The molecular weight excluding hydrogens is 238 g/mol. The van der Waals surface area contributed by atoms with Gasteiger partial charge in [0.2, 0.25) is 5.95 Å². The predicted molar refractivity (Wildman–Crippen MR) is 76.5 cm³/mol. The van der Waals surface area contributed by atoms with E-state index >= 15 is 0 Å². The highest BCUT2D eigenvalue weighted by Gasteiger charge is 2.20. The Morgan fingerprint density at radius 3 is 2.32 bits per heavy atom. The van der Waals surface area contributed by atoms with Crippen LogP contribution >= 0.6 is 0 Å². The molecule has 0 atom stereocenters. The molecule has 2 rings (SSSR count). The molecule has 0 radical (unpaired) electrons. The van der Waals surface area contributed by atoms with Gasteiger partial charge in [0, 0.05) is 12.0 Å². The fourth-order valence-corrected chi connectivity index (χ4v) is 1.80. The normalized spacial score (nSPS) is 11.1. The Morgan fingerprint density at radius 1 is 1.11 bits per heavy atom. The molecule has 1 aromatic heterocycles. The molecule has 1 aromatic carbocycles. The SMILES string of the molecule is COc1cnc(NCC(C)(C)c2ccccc2)nc1. The molecular formula is C15H19N3O. The first-order valence-electron chi connectivity index (χ1n) is 6.27. The maximum absolute atomic E-state index is 5.03. The standard InChI is InChI=1S/C15H19N3O/c1-15(2,12-7-5-4-6-8-12)11-18-14-16-9-13(19-3)10-17-14/h4-10H,11H2,1-3H3,(H,16,17,18). The Bertz CT molecular complexity index is 509. The maximum Gasteiger partial charge on any atom is 0.222 e. The highest BCUT2D eigenvalue weighted by molar-refractivity contribution is 5.31. The van der Waals surface area contributed by atoms with Crippen molar-refractivity contribution in [2.75, 3.05) is 19.0 Å². The van der Waals surface area contributed by atoms with Crippen molar-refractivity contribution in [1.29, 1.82) is 0 Å². The summed E-state index contributed by atoms with van der Waals surface area (Å²) >= 11 is 0. The fraction of sp³-hybridized carbons (Fsp3) is 0.333. The van der Waals surface area contributed by atoms with Crippen molar-refractivity contribution in [3.8, 4) is 5.75 Å². The van der Waals surface area contributed by atoms with Gasteiger partial charge < -0.3 is 10.1 Å². The number of hydrogen-bond acceptors (Lipinski definition) is 4. The van der Waals surface area contributed by atoms with E-state index < -0.39 is 0 Å². The summed E-state index contributed by atoms with van der Waals surface area (Å²) < 4.78 is 5.03. The summed E-state index contributed by atoms with van der Waals surface area (Å²) in [6.07, 6.45) is 3.32. The number of rotatable bonds is 5. The van der Waals surface area contributed by atoms with Crippen molar-refractivity contribution in [3.63, 3.8) is 0 Å². The summed E-state index contributed by atoms with van der Waals surface area (Å²) in [4.78, 5) is 8.40. The molecule has 0 aliphatic rings. The molecule has 0 spiro atoms. The Hall–Kier alpha value is -2.10. The quantitative estimate of drug-likeness (QED) is 0.894. The van der Waals surface area contributed by atoms with Crippen LogP contribution in [0.15, 0.2) is 42.7 Å². The molecule has 4 nitrogen and oxygen atoms in total. The van der Waals surface area contributed by atoms with Gasteiger partial charge in [-0.2, -0.15) is 0 Å². The third-order valence-electron chi connectivity index (χ3n) is 3.11. The summed E-state index contributed by atoms with van der Waals surface area (Å²) in [7, 11) is 1.60. The fourth-order valence-electron chi connectivity index (χ4n) is 1.80. The minimum atomic E-state index is 0.0184. The van der Waals surface area contributed by atoms with Crippen LogP contribution in [0.3, 0.4) is 0 Å². The summed E-state index contributed by atoms with van der Waals surface area (Å²) in [6.45, 7) is 5.15. The minimum Gasteiger partial charge on any atom is -0.494 e.